The van der Waals surface area contributed by atoms with Crippen LogP contribution in [0, 0.1) is 13.8 Å². The van der Waals surface area contributed by atoms with Gasteiger partial charge in [-0.25, -0.2) is 0 Å². The summed E-state index contributed by atoms with van der Waals surface area (Å²) in [4.78, 5) is 25.7. The summed E-state index contributed by atoms with van der Waals surface area (Å²) in [5.41, 5.74) is 6.59. The van der Waals surface area contributed by atoms with E-state index in [-0.39, 0.29) is 35.9 Å². The number of benzene rings is 4. The maximum atomic E-state index is 12.9. The lowest BCUT2D eigenvalue weighted by Crippen LogP contribution is -2.05. The third-order valence-electron chi connectivity index (χ3n) is 6.34. The third-order valence-corrected chi connectivity index (χ3v) is 6.34. The summed E-state index contributed by atoms with van der Waals surface area (Å²) in [5, 5.41) is 20.9. The molecule has 190 valence electrons. The number of hydrogen-bond donors (Lipinski definition) is 2. The number of hydrogen-bond acceptors (Lipinski definition) is 4. The van der Waals surface area contributed by atoms with Gasteiger partial charge in [-0.3, -0.25) is 9.59 Å². The Hall–Kier alpha value is -4.70. The highest BCUT2D eigenvalue weighted by Gasteiger charge is 2.14. The highest BCUT2D eigenvalue weighted by atomic mass is 16.3. The average molecular weight is 503 g/mol. The van der Waals surface area contributed by atoms with Gasteiger partial charge in [-0.15, -0.1) is 0 Å². The van der Waals surface area contributed by atoms with Gasteiger partial charge >= 0.3 is 0 Å². The standard InChI is InChI=1S/C34H30O4/c1-23-11-15-25(16-12-23)33(37)21-29(35)19-27-7-3-5-9-31(27)32-10-6-4-8-28(32)20-30(36)22-34(38)26-17-13-24(2)14-18-26/h3-18,21-22,37-38H,19-20H2,1-2H3/b33-21-,34-22?. The van der Waals surface area contributed by atoms with Crippen molar-refractivity contribution in [2.75, 3.05) is 0 Å². The van der Waals surface area contributed by atoms with E-state index in [2.05, 4.69) is 0 Å². The molecule has 0 fully saturated rings. The molecule has 0 saturated heterocycles. The Labute approximate surface area is 223 Å². The first-order valence-electron chi connectivity index (χ1n) is 12.5. The van der Waals surface area contributed by atoms with Crippen molar-refractivity contribution in [1.82, 2.24) is 0 Å². The monoisotopic (exact) mass is 502 g/mol. The van der Waals surface area contributed by atoms with Crippen molar-refractivity contribution in [3.8, 4) is 11.1 Å². The van der Waals surface area contributed by atoms with E-state index in [0.717, 1.165) is 33.4 Å². The second-order valence-electron chi connectivity index (χ2n) is 9.39. The van der Waals surface area contributed by atoms with Crippen molar-refractivity contribution < 1.29 is 19.8 Å². The highest BCUT2D eigenvalue weighted by molar-refractivity contribution is 5.99. The molecule has 0 aliphatic rings. The first kappa shape index (κ1) is 26.4. The molecule has 0 aromatic heterocycles. The molecule has 38 heavy (non-hydrogen) atoms. The van der Waals surface area contributed by atoms with Crippen LogP contribution in [0.2, 0.25) is 0 Å². The summed E-state index contributed by atoms with van der Waals surface area (Å²) in [6, 6.07) is 29.8. The number of carbonyl (C=O) groups is 2. The van der Waals surface area contributed by atoms with Crippen molar-refractivity contribution in [3.63, 3.8) is 0 Å². The summed E-state index contributed by atoms with van der Waals surface area (Å²) >= 11 is 0. The van der Waals surface area contributed by atoms with Gasteiger partial charge in [-0.05, 0) is 36.1 Å². The van der Waals surface area contributed by atoms with E-state index in [1.165, 1.54) is 12.2 Å². The first-order chi connectivity index (χ1) is 18.3. The highest BCUT2D eigenvalue weighted by Crippen LogP contribution is 2.29. The Bertz CT molecular complexity index is 1390. The van der Waals surface area contributed by atoms with Crippen LogP contribution >= 0.6 is 0 Å². The van der Waals surface area contributed by atoms with E-state index in [1.807, 2.05) is 86.6 Å². The summed E-state index contributed by atoms with van der Waals surface area (Å²) in [6.45, 7) is 3.92. The number of aryl methyl sites for hydroxylation is 2. The molecule has 0 saturated carbocycles. The van der Waals surface area contributed by atoms with Gasteiger partial charge in [0.1, 0.15) is 11.5 Å². The van der Waals surface area contributed by atoms with Gasteiger partial charge < -0.3 is 10.2 Å². The molecule has 0 heterocycles. The van der Waals surface area contributed by atoms with Crippen molar-refractivity contribution in [1.29, 1.82) is 0 Å². The molecule has 0 amide bonds. The predicted octanol–water partition coefficient (Wildman–Crippen LogP) is 7.39. The second kappa shape index (κ2) is 12.0. The van der Waals surface area contributed by atoms with Gasteiger partial charge in [0.15, 0.2) is 11.6 Å². The number of rotatable bonds is 9. The Kier molecular flexibility index (Phi) is 8.34. The van der Waals surface area contributed by atoms with Gasteiger partial charge in [-0.2, -0.15) is 0 Å². The van der Waals surface area contributed by atoms with Crippen molar-refractivity contribution in [2.45, 2.75) is 26.7 Å². The van der Waals surface area contributed by atoms with E-state index >= 15 is 0 Å². The lowest BCUT2D eigenvalue weighted by molar-refractivity contribution is -0.114. The first-order valence-corrected chi connectivity index (χ1v) is 12.5. The summed E-state index contributed by atoms with van der Waals surface area (Å²) in [6.07, 6.45) is 2.72. The Morgan fingerprint density at radius 3 is 1.26 bits per heavy atom. The molecule has 0 aliphatic heterocycles. The third kappa shape index (κ3) is 6.74. The second-order valence-corrected chi connectivity index (χ2v) is 9.39. The maximum Gasteiger partial charge on any atom is 0.163 e. The van der Waals surface area contributed by atoms with E-state index in [0.29, 0.717) is 11.1 Å². The molecule has 4 aromatic rings. The molecule has 0 bridgehead atoms. The lowest BCUT2D eigenvalue weighted by atomic mass is 9.91. The SMILES string of the molecule is Cc1ccc(C(O)=CC(=O)Cc2ccccc2-c2ccccc2CC(=O)/C=C(\O)c2ccc(C)cc2)cc1. The summed E-state index contributed by atoms with van der Waals surface area (Å²) in [7, 11) is 0. The number of ketones is 2. The molecule has 0 radical (unpaired) electrons. The Morgan fingerprint density at radius 2 is 0.895 bits per heavy atom. The lowest BCUT2D eigenvalue weighted by Gasteiger charge is -2.13. The zero-order valence-electron chi connectivity index (χ0n) is 21.5. The molecule has 4 rings (SSSR count). The molecular weight excluding hydrogens is 472 g/mol. The largest absolute Gasteiger partial charge is 0.507 e. The van der Waals surface area contributed by atoms with E-state index in [4.69, 9.17) is 0 Å². The van der Waals surface area contributed by atoms with Gasteiger partial charge in [0.25, 0.3) is 0 Å². The van der Waals surface area contributed by atoms with Crippen LogP contribution in [-0.2, 0) is 22.4 Å². The average Bonchev–Trinajstić information content (AvgIpc) is 2.90. The number of carbonyl (C=O) groups excluding carboxylic acids is 2. The zero-order chi connectivity index (χ0) is 27.1. The minimum atomic E-state index is -0.227. The minimum absolute atomic E-state index is 0.0707. The molecular formula is C34H30O4. The minimum Gasteiger partial charge on any atom is -0.507 e. The van der Waals surface area contributed by atoms with Crippen LogP contribution in [0.5, 0.6) is 0 Å². The number of allylic oxidation sites excluding steroid dienone is 2. The van der Waals surface area contributed by atoms with Crippen LogP contribution in [0.15, 0.2) is 109 Å². The summed E-state index contributed by atoms with van der Waals surface area (Å²) in [5.74, 6) is -0.595. The van der Waals surface area contributed by atoms with Crippen LogP contribution in [-0.4, -0.2) is 21.8 Å². The smallest absolute Gasteiger partial charge is 0.163 e. The topological polar surface area (TPSA) is 74.6 Å². The van der Waals surface area contributed by atoms with E-state index in [9.17, 15) is 19.8 Å². The van der Waals surface area contributed by atoms with Crippen molar-refractivity contribution in [3.05, 3.63) is 143 Å². The quantitative estimate of drug-likeness (QED) is 0.185. The summed E-state index contributed by atoms with van der Waals surface area (Å²) < 4.78 is 0. The molecule has 0 atom stereocenters. The molecule has 2 N–H and O–H groups in total. The van der Waals surface area contributed by atoms with Gasteiger partial charge in [0.05, 0.1) is 0 Å². The predicted molar refractivity (Wildman–Crippen MR) is 153 cm³/mol. The van der Waals surface area contributed by atoms with Crippen LogP contribution < -0.4 is 0 Å². The molecule has 4 aromatic carbocycles. The fourth-order valence-electron chi connectivity index (χ4n) is 4.27. The fraction of sp³-hybridized carbons (Fsp3) is 0.118. The molecule has 4 nitrogen and oxygen atoms in total. The number of aliphatic hydroxyl groups is 2. The molecule has 0 unspecified atom stereocenters. The van der Waals surface area contributed by atoms with E-state index < -0.39 is 0 Å². The van der Waals surface area contributed by atoms with Crippen LogP contribution in [0.1, 0.15) is 33.4 Å². The van der Waals surface area contributed by atoms with Crippen LogP contribution in [0.3, 0.4) is 0 Å². The number of aliphatic hydroxyl groups excluding tert-OH is 2. The normalized spacial score (nSPS) is 11.8. The van der Waals surface area contributed by atoms with Gasteiger partial charge in [-0.1, -0.05) is 108 Å². The van der Waals surface area contributed by atoms with Crippen molar-refractivity contribution >= 4 is 23.1 Å². The van der Waals surface area contributed by atoms with Crippen LogP contribution in [0.4, 0.5) is 0 Å². The molecule has 0 aliphatic carbocycles. The zero-order valence-corrected chi connectivity index (χ0v) is 21.5. The van der Waals surface area contributed by atoms with Crippen molar-refractivity contribution in [2.24, 2.45) is 0 Å². The Morgan fingerprint density at radius 1 is 0.553 bits per heavy atom. The maximum absolute atomic E-state index is 12.9. The van der Waals surface area contributed by atoms with Crippen LogP contribution in [0.25, 0.3) is 22.6 Å². The van der Waals surface area contributed by atoms with E-state index in [1.54, 1.807) is 24.3 Å². The molecule has 4 heteroatoms. The molecule has 0 spiro atoms. The fourth-order valence-corrected chi connectivity index (χ4v) is 4.27. The van der Waals surface area contributed by atoms with Gasteiger partial charge in [0, 0.05) is 36.1 Å². The Balaban J connectivity index is 1.56. The van der Waals surface area contributed by atoms with Gasteiger partial charge in [0.2, 0.25) is 0 Å².